The van der Waals surface area contributed by atoms with Crippen molar-refractivity contribution < 1.29 is 17.9 Å². The van der Waals surface area contributed by atoms with Gasteiger partial charge in [-0.25, -0.2) is 13.4 Å². The summed E-state index contributed by atoms with van der Waals surface area (Å²) in [4.78, 5) is 12.9. The maximum Gasteiger partial charge on any atom is 0.262 e. The second-order valence-electron chi connectivity index (χ2n) is 6.87. The Labute approximate surface area is 164 Å². The second-order valence-corrected chi connectivity index (χ2v) is 8.56. The zero-order chi connectivity index (χ0) is 19.7. The van der Waals surface area contributed by atoms with E-state index in [-0.39, 0.29) is 4.90 Å². The van der Waals surface area contributed by atoms with Gasteiger partial charge < -0.3 is 19.3 Å². The average molecular weight is 405 g/mol. The van der Waals surface area contributed by atoms with Gasteiger partial charge in [-0.1, -0.05) is 0 Å². The number of morpholine rings is 1. The fraction of sp³-hybridized carbons (Fsp3) is 0.444. The van der Waals surface area contributed by atoms with Crippen molar-refractivity contribution in [2.75, 3.05) is 61.5 Å². The standard InChI is InChI=1S/C18H23N5O4S/c1-22(2)17-15(12-19-18(20-17)23-6-9-26-10-7-23)21-28(24,25)14-3-4-16-13(11-14)5-8-27-16/h3-4,11-12,21H,5-10H2,1-2H3. The average Bonchev–Trinajstić information content (AvgIpc) is 3.16. The molecule has 0 radical (unpaired) electrons. The molecule has 9 nitrogen and oxygen atoms in total. The number of nitrogens with zero attached hydrogens (tertiary/aromatic N) is 4. The molecule has 1 aromatic heterocycles. The number of aromatic nitrogens is 2. The van der Waals surface area contributed by atoms with E-state index in [4.69, 9.17) is 9.47 Å². The highest BCUT2D eigenvalue weighted by atomic mass is 32.2. The Morgan fingerprint density at radius 3 is 2.71 bits per heavy atom. The number of fused-ring (bicyclic) bond motifs is 1. The van der Waals surface area contributed by atoms with Gasteiger partial charge in [-0.15, -0.1) is 0 Å². The first-order chi connectivity index (χ1) is 13.4. The van der Waals surface area contributed by atoms with Gasteiger partial charge in [-0.2, -0.15) is 4.98 Å². The predicted octanol–water partition coefficient (Wildman–Crippen LogP) is 1.11. The summed E-state index contributed by atoms with van der Waals surface area (Å²) in [5, 5.41) is 0. The first-order valence-electron chi connectivity index (χ1n) is 9.10. The normalized spacial score (nSPS) is 16.4. The van der Waals surface area contributed by atoms with Crippen LogP contribution in [0.1, 0.15) is 5.56 Å². The van der Waals surface area contributed by atoms with E-state index in [1.807, 2.05) is 19.0 Å². The van der Waals surface area contributed by atoms with Gasteiger partial charge in [0, 0.05) is 33.6 Å². The Morgan fingerprint density at radius 2 is 1.96 bits per heavy atom. The van der Waals surface area contributed by atoms with Crippen molar-refractivity contribution >= 4 is 27.5 Å². The van der Waals surface area contributed by atoms with Gasteiger partial charge in [-0.05, 0) is 23.8 Å². The zero-order valence-corrected chi connectivity index (χ0v) is 16.7. The van der Waals surface area contributed by atoms with E-state index in [1.165, 1.54) is 6.20 Å². The minimum atomic E-state index is -3.77. The van der Waals surface area contributed by atoms with Crippen LogP contribution in [0.15, 0.2) is 29.3 Å². The lowest BCUT2D eigenvalue weighted by Gasteiger charge is -2.28. The molecule has 10 heteroatoms. The van der Waals surface area contributed by atoms with E-state index in [0.717, 1.165) is 11.3 Å². The van der Waals surface area contributed by atoms with E-state index >= 15 is 0 Å². The molecule has 0 saturated carbocycles. The van der Waals surface area contributed by atoms with Gasteiger partial charge in [0.15, 0.2) is 5.82 Å². The van der Waals surface area contributed by atoms with E-state index < -0.39 is 10.0 Å². The number of anilines is 3. The maximum atomic E-state index is 12.9. The van der Waals surface area contributed by atoms with Crippen LogP contribution < -0.4 is 19.3 Å². The summed E-state index contributed by atoms with van der Waals surface area (Å²) in [5.74, 6) is 1.81. The summed E-state index contributed by atoms with van der Waals surface area (Å²) in [6.45, 7) is 3.23. The second kappa shape index (κ2) is 7.44. The van der Waals surface area contributed by atoms with Gasteiger partial charge in [0.05, 0.1) is 30.9 Å². The summed E-state index contributed by atoms with van der Waals surface area (Å²) in [7, 11) is -0.144. The van der Waals surface area contributed by atoms with Gasteiger partial charge >= 0.3 is 0 Å². The number of hydrogen-bond acceptors (Lipinski definition) is 8. The molecule has 0 bridgehead atoms. The molecule has 2 aliphatic rings. The molecule has 0 spiro atoms. The molecule has 2 aliphatic heterocycles. The summed E-state index contributed by atoms with van der Waals surface area (Å²) >= 11 is 0. The van der Waals surface area contributed by atoms with E-state index in [0.29, 0.717) is 56.8 Å². The molecule has 3 heterocycles. The van der Waals surface area contributed by atoms with Crippen molar-refractivity contribution in [2.24, 2.45) is 0 Å². The molecule has 0 atom stereocenters. The smallest absolute Gasteiger partial charge is 0.262 e. The molecule has 0 amide bonds. The van der Waals surface area contributed by atoms with Crippen LogP contribution >= 0.6 is 0 Å². The molecule has 1 saturated heterocycles. The third-order valence-electron chi connectivity index (χ3n) is 4.69. The quantitative estimate of drug-likeness (QED) is 0.790. The van der Waals surface area contributed by atoms with Crippen LogP contribution in [0.25, 0.3) is 0 Å². The van der Waals surface area contributed by atoms with Gasteiger partial charge in [-0.3, -0.25) is 4.72 Å². The molecule has 1 aromatic carbocycles. The molecule has 1 fully saturated rings. The van der Waals surface area contributed by atoms with E-state index in [9.17, 15) is 8.42 Å². The van der Waals surface area contributed by atoms with E-state index in [2.05, 4.69) is 14.7 Å². The third-order valence-corrected chi connectivity index (χ3v) is 6.05. The molecule has 150 valence electrons. The first-order valence-corrected chi connectivity index (χ1v) is 10.6. The third kappa shape index (κ3) is 3.69. The minimum absolute atomic E-state index is 0.193. The van der Waals surface area contributed by atoms with Crippen molar-refractivity contribution in [1.82, 2.24) is 9.97 Å². The van der Waals surface area contributed by atoms with Crippen molar-refractivity contribution in [3.8, 4) is 5.75 Å². The Bertz CT molecular complexity index is 974. The molecule has 0 unspecified atom stereocenters. The van der Waals surface area contributed by atoms with Gasteiger partial charge in [0.2, 0.25) is 5.95 Å². The maximum absolute atomic E-state index is 12.9. The number of nitrogens with one attached hydrogen (secondary N) is 1. The zero-order valence-electron chi connectivity index (χ0n) is 15.9. The van der Waals surface area contributed by atoms with E-state index in [1.54, 1.807) is 23.1 Å². The van der Waals surface area contributed by atoms with Crippen LogP contribution in [0.4, 0.5) is 17.5 Å². The van der Waals surface area contributed by atoms with Crippen LogP contribution in [-0.2, 0) is 21.2 Å². The lowest BCUT2D eigenvalue weighted by molar-refractivity contribution is 0.122. The fourth-order valence-corrected chi connectivity index (χ4v) is 4.32. The fourth-order valence-electron chi connectivity index (χ4n) is 3.23. The SMILES string of the molecule is CN(C)c1nc(N2CCOCC2)ncc1NS(=O)(=O)c1ccc2c(c1)CCO2. The summed E-state index contributed by atoms with van der Waals surface area (Å²) < 4.78 is 39.3. The molecule has 28 heavy (non-hydrogen) atoms. The minimum Gasteiger partial charge on any atom is -0.493 e. The van der Waals surface area contributed by atoms with Crippen LogP contribution in [-0.4, -0.2) is 65.4 Å². The number of benzene rings is 1. The summed E-state index contributed by atoms with van der Waals surface area (Å²) in [6.07, 6.45) is 2.22. The summed E-state index contributed by atoms with van der Waals surface area (Å²) in [6, 6.07) is 4.90. The highest BCUT2D eigenvalue weighted by Crippen LogP contribution is 2.30. The van der Waals surface area contributed by atoms with Crippen molar-refractivity contribution in [3.63, 3.8) is 0 Å². The number of hydrogen-bond donors (Lipinski definition) is 1. The molecular weight excluding hydrogens is 382 g/mol. The highest BCUT2D eigenvalue weighted by Gasteiger charge is 2.23. The molecule has 0 aliphatic carbocycles. The van der Waals surface area contributed by atoms with Crippen LogP contribution in [0.3, 0.4) is 0 Å². The number of sulfonamides is 1. The molecular formula is C18H23N5O4S. The highest BCUT2D eigenvalue weighted by molar-refractivity contribution is 7.92. The number of ether oxygens (including phenoxy) is 2. The first kappa shape index (κ1) is 18.8. The molecule has 4 rings (SSSR count). The molecule has 1 N–H and O–H groups in total. The topological polar surface area (TPSA) is 96.9 Å². The summed E-state index contributed by atoms with van der Waals surface area (Å²) in [5.41, 5.74) is 1.23. The lowest BCUT2D eigenvalue weighted by Crippen LogP contribution is -2.37. The Hall–Kier alpha value is -2.59. The van der Waals surface area contributed by atoms with Crippen molar-refractivity contribution in [2.45, 2.75) is 11.3 Å². The van der Waals surface area contributed by atoms with Crippen LogP contribution in [0.5, 0.6) is 5.75 Å². The Balaban J connectivity index is 1.62. The Morgan fingerprint density at radius 1 is 1.18 bits per heavy atom. The van der Waals surface area contributed by atoms with Gasteiger partial charge in [0.25, 0.3) is 10.0 Å². The van der Waals surface area contributed by atoms with Crippen molar-refractivity contribution in [1.29, 1.82) is 0 Å². The van der Waals surface area contributed by atoms with Crippen molar-refractivity contribution in [3.05, 3.63) is 30.0 Å². The number of rotatable bonds is 5. The van der Waals surface area contributed by atoms with Gasteiger partial charge in [0.1, 0.15) is 11.4 Å². The monoisotopic (exact) mass is 405 g/mol. The molecule has 2 aromatic rings. The van der Waals surface area contributed by atoms with Crippen LogP contribution in [0, 0.1) is 0 Å². The Kier molecular flexibility index (Phi) is 4.98. The largest absolute Gasteiger partial charge is 0.493 e. The predicted molar refractivity (Wildman–Crippen MR) is 106 cm³/mol. The lowest BCUT2D eigenvalue weighted by atomic mass is 10.2. The van der Waals surface area contributed by atoms with Crippen LogP contribution in [0.2, 0.25) is 0 Å².